The predicted molar refractivity (Wildman–Crippen MR) is 118 cm³/mol. The van der Waals surface area contributed by atoms with E-state index in [4.69, 9.17) is 14.2 Å². The average molecular weight is 442 g/mol. The van der Waals surface area contributed by atoms with Crippen molar-refractivity contribution in [1.29, 1.82) is 0 Å². The first kappa shape index (κ1) is 22.4. The molecule has 2 aromatic rings. The molecular weight excluding hydrogens is 418 g/mol. The molecule has 3 rings (SSSR count). The van der Waals surface area contributed by atoms with Crippen LogP contribution in [0.15, 0.2) is 53.4 Å². The summed E-state index contributed by atoms with van der Waals surface area (Å²) in [4.78, 5) is 38.3. The Labute approximate surface area is 185 Å². The van der Waals surface area contributed by atoms with E-state index in [0.717, 1.165) is 17.3 Å². The number of methoxy groups -OCH3 is 1. The molecule has 8 heteroatoms. The normalized spacial score (nSPS) is 15.0. The fourth-order valence-electron chi connectivity index (χ4n) is 2.88. The monoisotopic (exact) mass is 441 g/mol. The molecule has 1 fully saturated rings. The lowest BCUT2D eigenvalue weighted by Crippen LogP contribution is -2.27. The average Bonchev–Trinajstić information content (AvgIpc) is 3.00. The third-order valence-corrected chi connectivity index (χ3v) is 5.16. The molecule has 1 saturated heterocycles. The van der Waals surface area contributed by atoms with Crippen molar-refractivity contribution in [3.05, 3.63) is 64.6 Å². The molecule has 2 aromatic carbocycles. The molecule has 0 radical (unpaired) electrons. The summed E-state index contributed by atoms with van der Waals surface area (Å²) < 4.78 is 15.9. The summed E-state index contributed by atoms with van der Waals surface area (Å²) in [6.45, 7) is 3.50. The quantitative estimate of drug-likeness (QED) is 0.447. The molecule has 1 heterocycles. The van der Waals surface area contributed by atoms with Gasteiger partial charge in [0.05, 0.1) is 24.7 Å². The standard InChI is InChI=1S/C23H23NO6S/c1-15(2)30-21(25)14-29-18-10-9-17(11-19(18)28-3)12-20-22(26)24(23(27)31-20)13-16-7-5-4-6-8-16/h4-12,15H,13-14H2,1-3H3/b20-12-. The van der Waals surface area contributed by atoms with Gasteiger partial charge in [-0.05, 0) is 54.9 Å². The van der Waals surface area contributed by atoms with E-state index in [1.165, 1.54) is 12.0 Å². The number of esters is 1. The minimum atomic E-state index is -0.479. The van der Waals surface area contributed by atoms with Crippen molar-refractivity contribution in [3.8, 4) is 11.5 Å². The number of hydrogen-bond donors (Lipinski definition) is 0. The molecule has 2 amide bonds. The zero-order valence-electron chi connectivity index (χ0n) is 17.5. The van der Waals surface area contributed by atoms with Gasteiger partial charge in [0.1, 0.15) is 0 Å². The summed E-state index contributed by atoms with van der Waals surface area (Å²) >= 11 is 0.899. The Morgan fingerprint density at radius 3 is 2.52 bits per heavy atom. The van der Waals surface area contributed by atoms with Crippen LogP contribution < -0.4 is 9.47 Å². The molecular formula is C23H23NO6S. The molecule has 1 aliphatic heterocycles. The van der Waals surface area contributed by atoms with Gasteiger partial charge in [0.15, 0.2) is 18.1 Å². The fourth-order valence-corrected chi connectivity index (χ4v) is 3.72. The second-order valence-corrected chi connectivity index (χ2v) is 7.98. The summed E-state index contributed by atoms with van der Waals surface area (Å²) in [6, 6.07) is 14.4. The molecule has 0 atom stereocenters. The van der Waals surface area contributed by atoms with Crippen LogP contribution in [0.25, 0.3) is 6.08 Å². The number of rotatable bonds is 8. The van der Waals surface area contributed by atoms with Crippen molar-refractivity contribution in [2.45, 2.75) is 26.5 Å². The first-order valence-electron chi connectivity index (χ1n) is 9.67. The van der Waals surface area contributed by atoms with E-state index in [2.05, 4.69) is 0 Å². The van der Waals surface area contributed by atoms with Gasteiger partial charge in [0.2, 0.25) is 0 Å². The number of imide groups is 1. The van der Waals surface area contributed by atoms with Gasteiger partial charge in [-0.25, -0.2) is 4.79 Å². The van der Waals surface area contributed by atoms with E-state index in [9.17, 15) is 14.4 Å². The van der Waals surface area contributed by atoms with E-state index in [-0.39, 0.29) is 30.4 Å². The van der Waals surface area contributed by atoms with Gasteiger partial charge < -0.3 is 14.2 Å². The van der Waals surface area contributed by atoms with E-state index in [0.29, 0.717) is 22.0 Å². The summed E-state index contributed by atoms with van der Waals surface area (Å²) in [5.74, 6) is -0.0463. The molecule has 0 saturated carbocycles. The molecule has 1 aliphatic rings. The number of benzene rings is 2. The highest BCUT2D eigenvalue weighted by Gasteiger charge is 2.35. The van der Waals surface area contributed by atoms with Crippen LogP contribution in [-0.2, 0) is 20.9 Å². The summed E-state index contributed by atoms with van der Waals surface area (Å²) in [7, 11) is 1.48. The maximum atomic E-state index is 12.7. The molecule has 0 N–H and O–H groups in total. The summed E-state index contributed by atoms with van der Waals surface area (Å²) in [5.41, 5.74) is 1.55. The lowest BCUT2D eigenvalue weighted by atomic mass is 10.1. The van der Waals surface area contributed by atoms with Gasteiger partial charge in [-0.3, -0.25) is 14.5 Å². The van der Waals surface area contributed by atoms with E-state index in [1.807, 2.05) is 30.3 Å². The largest absolute Gasteiger partial charge is 0.493 e. The molecule has 0 aliphatic carbocycles. The molecule has 162 valence electrons. The van der Waals surface area contributed by atoms with E-state index < -0.39 is 5.97 Å². The minimum Gasteiger partial charge on any atom is -0.493 e. The lowest BCUT2D eigenvalue weighted by molar-refractivity contribution is -0.149. The fraction of sp³-hybridized carbons (Fsp3) is 0.261. The van der Waals surface area contributed by atoms with Crippen LogP contribution in [0.5, 0.6) is 11.5 Å². The number of thioether (sulfide) groups is 1. The van der Waals surface area contributed by atoms with Gasteiger partial charge in [0, 0.05) is 0 Å². The molecule has 0 unspecified atom stereocenters. The van der Waals surface area contributed by atoms with Crippen LogP contribution >= 0.6 is 11.8 Å². The highest BCUT2D eigenvalue weighted by molar-refractivity contribution is 8.18. The zero-order valence-corrected chi connectivity index (χ0v) is 18.3. The molecule has 31 heavy (non-hydrogen) atoms. The van der Waals surface area contributed by atoms with Crippen molar-refractivity contribution in [1.82, 2.24) is 4.90 Å². The van der Waals surface area contributed by atoms with Gasteiger partial charge in [0.25, 0.3) is 11.1 Å². The van der Waals surface area contributed by atoms with Crippen LogP contribution in [0.3, 0.4) is 0 Å². The first-order chi connectivity index (χ1) is 14.9. The second-order valence-electron chi connectivity index (χ2n) is 6.99. The lowest BCUT2D eigenvalue weighted by Gasteiger charge is -2.13. The van der Waals surface area contributed by atoms with Gasteiger partial charge in [-0.2, -0.15) is 0 Å². The first-order valence-corrected chi connectivity index (χ1v) is 10.5. The Bertz CT molecular complexity index is 1000. The van der Waals surface area contributed by atoms with Crippen molar-refractivity contribution in [2.75, 3.05) is 13.7 Å². The Hall–Kier alpha value is -3.26. The topological polar surface area (TPSA) is 82.1 Å². The maximum absolute atomic E-state index is 12.7. The number of carbonyl (C=O) groups excluding carboxylic acids is 3. The van der Waals surface area contributed by atoms with Crippen molar-refractivity contribution >= 4 is 35.0 Å². The smallest absolute Gasteiger partial charge is 0.344 e. The predicted octanol–water partition coefficient (Wildman–Crippen LogP) is 4.26. The maximum Gasteiger partial charge on any atom is 0.344 e. The SMILES string of the molecule is COc1cc(/C=C2\SC(=O)N(Cc3ccccc3)C2=O)ccc1OCC(=O)OC(C)C. The van der Waals surface area contributed by atoms with Gasteiger partial charge in [-0.1, -0.05) is 36.4 Å². The highest BCUT2D eigenvalue weighted by Crippen LogP contribution is 2.35. The Morgan fingerprint density at radius 2 is 1.84 bits per heavy atom. The van der Waals surface area contributed by atoms with Crippen molar-refractivity contribution in [3.63, 3.8) is 0 Å². The van der Waals surface area contributed by atoms with E-state index in [1.54, 1.807) is 38.1 Å². The Balaban J connectivity index is 1.72. The molecule has 7 nitrogen and oxygen atoms in total. The molecule has 0 spiro atoms. The third-order valence-electron chi connectivity index (χ3n) is 4.26. The van der Waals surface area contributed by atoms with Crippen LogP contribution in [0.4, 0.5) is 4.79 Å². The second kappa shape index (κ2) is 10.2. The summed E-state index contributed by atoms with van der Waals surface area (Å²) in [6.07, 6.45) is 1.41. The number of hydrogen-bond acceptors (Lipinski definition) is 7. The van der Waals surface area contributed by atoms with Crippen LogP contribution in [0.1, 0.15) is 25.0 Å². The molecule has 0 aromatic heterocycles. The van der Waals surface area contributed by atoms with E-state index >= 15 is 0 Å². The van der Waals surface area contributed by atoms with Gasteiger partial charge >= 0.3 is 5.97 Å². The number of nitrogens with zero attached hydrogens (tertiary/aromatic N) is 1. The van der Waals surface area contributed by atoms with Gasteiger partial charge in [-0.15, -0.1) is 0 Å². The highest BCUT2D eigenvalue weighted by atomic mass is 32.2. The number of ether oxygens (including phenoxy) is 3. The number of amides is 2. The van der Waals surface area contributed by atoms with Crippen molar-refractivity contribution < 1.29 is 28.6 Å². The number of carbonyl (C=O) groups is 3. The minimum absolute atomic E-state index is 0.224. The summed E-state index contributed by atoms with van der Waals surface area (Å²) in [5, 5.41) is -0.310. The Kier molecular flexibility index (Phi) is 7.36. The van der Waals surface area contributed by atoms with Crippen molar-refractivity contribution in [2.24, 2.45) is 0 Å². The van der Waals surface area contributed by atoms with Crippen LogP contribution in [-0.4, -0.2) is 41.8 Å². The zero-order chi connectivity index (χ0) is 22.4. The third kappa shape index (κ3) is 5.88. The van der Waals surface area contributed by atoms with Crippen LogP contribution in [0.2, 0.25) is 0 Å². The Morgan fingerprint density at radius 1 is 1.10 bits per heavy atom. The molecule has 0 bridgehead atoms. The van der Waals surface area contributed by atoms with Crippen LogP contribution in [0, 0.1) is 0 Å².